The number of nitrogens with one attached hydrogen (secondary N) is 2. The van der Waals surface area contributed by atoms with E-state index in [4.69, 9.17) is 4.74 Å². The molecule has 234 valence electrons. The molecule has 4 aromatic rings. The fraction of sp³-hybridized carbons (Fsp3) is 0.156. The zero-order valence-corrected chi connectivity index (χ0v) is 24.8. The van der Waals surface area contributed by atoms with Gasteiger partial charge in [0.15, 0.2) is 6.61 Å². The van der Waals surface area contributed by atoms with Crippen LogP contribution in [0.15, 0.2) is 119 Å². The van der Waals surface area contributed by atoms with Crippen molar-refractivity contribution in [2.45, 2.75) is 24.0 Å². The van der Waals surface area contributed by atoms with E-state index in [0.717, 1.165) is 17.7 Å². The van der Waals surface area contributed by atoms with Gasteiger partial charge in [0.2, 0.25) is 0 Å². The molecule has 1 atom stereocenters. The molecular weight excluding hydrogens is 609 g/mol. The number of benzene rings is 4. The lowest BCUT2D eigenvalue weighted by atomic mass is 10.1. The molecule has 0 heterocycles. The van der Waals surface area contributed by atoms with Crippen LogP contribution in [0.1, 0.15) is 29.7 Å². The van der Waals surface area contributed by atoms with Crippen LogP contribution in [0.25, 0.3) is 0 Å². The van der Waals surface area contributed by atoms with Gasteiger partial charge in [-0.15, -0.1) is 0 Å². The number of ether oxygens (including phenoxy) is 1. The van der Waals surface area contributed by atoms with Crippen LogP contribution in [-0.4, -0.2) is 39.6 Å². The average molecular weight is 639 g/mol. The molecule has 0 saturated carbocycles. The number of nitrogens with zero attached hydrogens (tertiary/aromatic N) is 2. The largest absolute Gasteiger partial charge is 0.484 e. The number of hydrogen-bond acceptors (Lipinski definition) is 6. The van der Waals surface area contributed by atoms with Gasteiger partial charge >= 0.3 is 6.18 Å². The molecule has 0 unspecified atom stereocenters. The maximum absolute atomic E-state index is 13.4. The van der Waals surface area contributed by atoms with Gasteiger partial charge in [-0.05, 0) is 72.6 Å². The summed E-state index contributed by atoms with van der Waals surface area (Å²) in [7, 11) is -4.42. The molecule has 0 spiro atoms. The predicted octanol–water partition coefficient (Wildman–Crippen LogP) is 5.31. The Hall–Kier alpha value is -5.17. The Kier molecular flexibility index (Phi) is 10.6. The van der Waals surface area contributed by atoms with E-state index >= 15 is 0 Å². The highest BCUT2D eigenvalue weighted by atomic mass is 32.2. The Labute approximate surface area is 258 Å². The minimum absolute atomic E-state index is 0.188. The molecule has 2 N–H and O–H groups in total. The summed E-state index contributed by atoms with van der Waals surface area (Å²) in [6.45, 7) is 0.827. The number of sulfonamides is 1. The van der Waals surface area contributed by atoms with Crippen molar-refractivity contribution < 1.29 is 35.9 Å². The Morgan fingerprint density at radius 3 is 2.18 bits per heavy atom. The number of carbonyl (C=O) groups is 2. The molecule has 0 radical (unpaired) electrons. The number of alkyl halides is 3. The third-order valence-electron chi connectivity index (χ3n) is 6.41. The molecule has 0 saturated heterocycles. The normalized spacial score (nSPS) is 12.4. The van der Waals surface area contributed by atoms with Gasteiger partial charge in [0.25, 0.3) is 21.8 Å². The van der Waals surface area contributed by atoms with Crippen molar-refractivity contribution in [3.05, 3.63) is 126 Å². The third kappa shape index (κ3) is 9.16. The maximum atomic E-state index is 13.4. The molecule has 0 fully saturated rings. The first kappa shape index (κ1) is 32.7. The van der Waals surface area contributed by atoms with Gasteiger partial charge in [0, 0.05) is 0 Å². The molecule has 2 amide bonds. The molecule has 9 nitrogen and oxygen atoms in total. The SMILES string of the molecule is C[C@H](NC(=O)COc1ccc(/C=N\NC(=O)CN(c2cccc(C(F)(F)F)c2)S(=O)(=O)c2ccccc2)cc1)c1ccccc1. The fourth-order valence-electron chi connectivity index (χ4n) is 4.12. The number of carbonyl (C=O) groups excluding carboxylic acids is 2. The number of anilines is 1. The number of rotatable bonds is 12. The van der Waals surface area contributed by atoms with Crippen LogP contribution < -0.4 is 19.8 Å². The maximum Gasteiger partial charge on any atom is 0.416 e. The summed E-state index contributed by atoms with van der Waals surface area (Å²) in [5, 5.41) is 6.69. The van der Waals surface area contributed by atoms with Crippen LogP contribution in [0.4, 0.5) is 18.9 Å². The second-order valence-electron chi connectivity index (χ2n) is 9.72. The lowest BCUT2D eigenvalue weighted by Gasteiger charge is -2.24. The van der Waals surface area contributed by atoms with E-state index in [2.05, 4.69) is 15.8 Å². The molecule has 0 aliphatic heterocycles. The molecule has 0 aliphatic carbocycles. The quantitative estimate of drug-likeness (QED) is 0.161. The number of hydrazone groups is 1. The Morgan fingerprint density at radius 1 is 0.889 bits per heavy atom. The summed E-state index contributed by atoms with van der Waals surface area (Å²) in [6, 6.07) is 26.5. The van der Waals surface area contributed by atoms with Gasteiger partial charge in [-0.3, -0.25) is 13.9 Å². The van der Waals surface area contributed by atoms with Crippen molar-refractivity contribution >= 4 is 33.7 Å². The number of hydrogen-bond donors (Lipinski definition) is 2. The van der Waals surface area contributed by atoms with Crippen LogP contribution in [0.5, 0.6) is 5.75 Å². The van der Waals surface area contributed by atoms with Crippen molar-refractivity contribution in [1.29, 1.82) is 0 Å². The lowest BCUT2D eigenvalue weighted by Crippen LogP contribution is -2.39. The number of amides is 2. The summed E-state index contributed by atoms with van der Waals surface area (Å²) in [5.41, 5.74) is 2.29. The minimum Gasteiger partial charge on any atom is -0.484 e. The van der Waals surface area contributed by atoms with E-state index in [9.17, 15) is 31.2 Å². The van der Waals surface area contributed by atoms with Crippen LogP contribution in [0.3, 0.4) is 0 Å². The second kappa shape index (κ2) is 14.5. The number of halogens is 3. The molecule has 4 aromatic carbocycles. The van der Waals surface area contributed by atoms with Crippen LogP contribution >= 0.6 is 0 Å². The third-order valence-corrected chi connectivity index (χ3v) is 8.20. The molecule has 13 heteroatoms. The molecule has 0 bridgehead atoms. The highest BCUT2D eigenvalue weighted by Gasteiger charge is 2.33. The van der Waals surface area contributed by atoms with Crippen LogP contribution in [-0.2, 0) is 25.8 Å². The monoisotopic (exact) mass is 638 g/mol. The molecule has 4 rings (SSSR count). The Bertz CT molecular complexity index is 1730. The van der Waals surface area contributed by atoms with E-state index in [1.54, 1.807) is 30.3 Å². The van der Waals surface area contributed by atoms with E-state index < -0.39 is 34.2 Å². The molecular formula is C32H29F3N4O5S. The zero-order chi connectivity index (χ0) is 32.5. The summed E-state index contributed by atoms with van der Waals surface area (Å²) >= 11 is 0. The standard InChI is InChI=1S/C32H29F3N4O5S/c1-23(25-9-4-2-5-10-25)37-31(41)22-44-28-17-15-24(16-18-28)20-36-38-30(40)21-39(45(42,43)29-13-6-3-7-14-29)27-12-8-11-26(19-27)32(33,34)35/h2-20,23H,21-22H2,1H3,(H,37,41)(H,38,40)/b36-20-/t23-/m0/s1. The summed E-state index contributed by atoms with van der Waals surface area (Å²) in [6.07, 6.45) is -3.44. The van der Waals surface area contributed by atoms with E-state index in [1.807, 2.05) is 37.3 Å². The fourth-order valence-corrected chi connectivity index (χ4v) is 5.56. The van der Waals surface area contributed by atoms with E-state index in [-0.39, 0.29) is 29.1 Å². The highest BCUT2D eigenvalue weighted by molar-refractivity contribution is 7.92. The first-order valence-electron chi connectivity index (χ1n) is 13.6. The van der Waals surface area contributed by atoms with Crippen molar-refractivity contribution in [1.82, 2.24) is 10.7 Å². The lowest BCUT2D eigenvalue weighted by molar-refractivity contribution is -0.137. The first-order valence-corrected chi connectivity index (χ1v) is 15.0. The van der Waals surface area contributed by atoms with Gasteiger partial charge < -0.3 is 10.1 Å². The summed E-state index contributed by atoms with van der Waals surface area (Å²) < 4.78 is 72.9. The predicted molar refractivity (Wildman–Crippen MR) is 163 cm³/mol. The van der Waals surface area contributed by atoms with Crippen LogP contribution in [0, 0.1) is 0 Å². The van der Waals surface area contributed by atoms with Gasteiger partial charge in [0.1, 0.15) is 12.3 Å². The minimum atomic E-state index is -4.72. The molecule has 0 aromatic heterocycles. The summed E-state index contributed by atoms with van der Waals surface area (Å²) in [5.74, 6) is -0.770. The topological polar surface area (TPSA) is 117 Å². The molecule has 45 heavy (non-hydrogen) atoms. The van der Waals surface area contributed by atoms with Gasteiger partial charge in [-0.1, -0.05) is 54.6 Å². The van der Waals surface area contributed by atoms with Crippen molar-refractivity contribution in [3.8, 4) is 5.75 Å². The Morgan fingerprint density at radius 2 is 1.53 bits per heavy atom. The van der Waals surface area contributed by atoms with E-state index in [1.165, 1.54) is 36.5 Å². The zero-order valence-electron chi connectivity index (χ0n) is 23.9. The van der Waals surface area contributed by atoms with Gasteiger partial charge in [-0.2, -0.15) is 18.3 Å². The first-order chi connectivity index (χ1) is 21.4. The van der Waals surface area contributed by atoms with Crippen molar-refractivity contribution in [2.75, 3.05) is 17.5 Å². The molecule has 0 aliphatic rings. The van der Waals surface area contributed by atoms with Crippen LogP contribution in [0.2, 0.25) is 0 Å². The van der Waals surface area contributed by atoms with E-state index in [0.29, 0.717) is 21.7 Å². The smallest absolute Gasteiger partial charge is 0.416 e. The van der Waals surface area contributed by atoms with Gasteiger partial charge in [0.05, 0.1) is 28.4 Å². The van der Waals surface area contributed by atoms with Gasteiger partial charge in [-0.25, -0.2) is 13.8 Å². The summed E-state index contributed by atoms with van der Waals surface area (Å²) in [4.78, 5) is 24.8. The van der Waals surface area contributed by atoms with Crippen molar-refractivity contribution in [2.24, 2.45) is 5.10 Å². The van der Waals surface area contributed by atoms with Crippen molar-refractivity contribution in [3.63, 3.8) is 0 Å². The average Bonchev–Trinajstić information content (AvgIpc) is 3.03. The second-order valence-corrected chi connectivity index (χ2v) is 11.6. The Balaban J connectivity index is 1.37. The highest BCUT2D eigenvalue weighted by Crippen LogP contribution is 2.33.